The zero-order valence-corrected chi connectivity index (χ0v) is 28.8. The first-order valence-electron chi connectivity index (χ1n) is 16.5. The van der Waals surface area contributed by atoms with Crippen LogP contribution in [0.25, 0.3) is 28.2 Å². The van der Waals surface area contributed by atoms with Crippen LogP contribution in [0.2, 0.25) is 0 Å². The molecule has 0 saturated carbocycles. The molecule has 10 heteroatoms. The number of amides is 2. The summed E-state index contributed by atoms with van der Waals surface area (Å²) in [6.45, 7) is 2.21. The molecule has 5 aromatic carbocycles. The minimum absolute atomic E-state index is 0.168. The van der Waals surface area contributed by atoms with E-state index in [4.69, 9.17) is 9.73 Å². The van der Waals surface area contributed by atoms with Crippen LogP contribution < -0.4 is 15.0 Å². The second kappa shape index (κ2) is 15.2. The minimum Gasteiger partial charge on any atom is -0.489 e. The topological polar surface area (TPSA) is 121 Å². The molecule has 0 fully saturated rings. The molecular weight excluding hydrogens is 673 g/mol. The predicted molar refractivity (Wildman–Crippen MR) is 206 cm³/mol. The average Bonchev–Trinajstić information content (AvgIpc) is 3.48. The molecule has 9 nitrogen and oxygen atoms in total. The van der Waals surface area contributed by atoms with E-state index in [1.807, 2.05) is 91.0 Å². The van der Waals surface area contributed by atoms with Crippen molar-refractivity contribution in [2.75, 3.05) is 10.2 Å². The van der Waals surface area contributed by atoms with E-state index >= 15 is 0 Å². The number of para-hydroxylation sites is 2. The molecule has 0 radical (unpaired) electrons. The number of fused-ring (bicyclic) bond motifs is 1. The first kappa shape index (κ1) is 34.0. The number of aromatic carboxylic acids is 1. The third-order valence-corrected chi connectivity index (χ3v) is 9.37. The molecule has 7 rings (SSSR count). The van der Waals surface area contributed by atoms with E-state index in [9.17, 15) is 19.5 Å². The molecule has 1 unspecified atom stereocenters. The van der Waals surface area contributed by atoms with Gasteiger partial charge in [-0.15, -0.1) is 0 Å². The molecule has 2 N–H and O–H groups in total. The molecule has 0 bridgehead atoms. The standard InChI is InChI=1S/C42H32N4O5S/c1-27(39(47)43-31-20-18-30(19-21-31)37-25-35(41(49)50)34-14-8-9-15-36(34)44-37)52-42-45-38(40(48)46(42)32-12-6-3-7-13-32)24-28-16-22-33(23-17-28)51-26-29-10-4-2-5-11-29/h2-25,27H,26H2,1H3,(H,43,47)(H,49,50)/b38-24-. The van der Waals surface area contributed by atoms with Crippen molar-refractivity contribution in [1.29, 1.82) is 0 Å². The fraction of sp³-hybridized carbons (Fsp3) is 0.0714. The van der Waals surface area contributed by atoms with Gasteiger partial charge in [-0.1, -0.05) is 103 Å². The lowest BCUT2D eigenvalue weighted by Crippen LogP contribution is -2.33. The highest BCUT2D eigenvalue weighted by Gasteiger charge is 2.34. The van der Waals surface area contributed by atoms with Gasteiger partial charge in [0.2, 0.25) is 5.91 Å². The third-order valence-electron chi connectivity index (χ3n) is 8.32. The van der Waals surface area contributed by atoms with Crippen LogP contribution in [0.1, 0.15) is 28.4 Å². The second-order valence-electron chi connectivity index (χ2n) is 11.9. The largest absolute Gasteiger partial charge is 0.489 e. The van der Waals surface area contributed by atoms with Crippen molar-refractivity contribution in [2.45, 2.75) is 18.8 Å². The quantitative estimate of drug-likeness (QED) is 0.137. The molecule has 1 aromatic heterocycles. The number of carboxylic acids is 1. The van der Waals surface area contributed by atoms with Crippen molar-refractivity contribution in [3.8, 4) is 17.0 Å². The molecule has 2 amide bonds. The van der Waals surface area contributed by atoms with Gasteiger partial charge >= 0.3 is 5.97 Å². The van der Waals surface area contributed by atoms with Crippen LogP contribution in [0.15, 0.2) is 150 Å². The number of aliphatic imine (C=N–C) groups is 1. The van der Waals surface area contributed by atoms with Crippen molar-refractivity contribution in [3.63, 3.8) is 0 Å². The van der Waals surface area contributed by atoms with Gasteiger partial charge in [0.05, 0.1) is 27.7 Å². The number of hydrogen-bond donors (Lipinski definition) is 2. The van der Waals surface area contributed by atoms with E-state index in [0.717, 1.165) is 11.1 Å². The van der Waals surface area contributed by atoms with Gasteiger partial charge in [-0.25, -0.2) is 14.8 Å². The second-order valence-corrected chi connectivity index (χ2v) is 13.3. The Morgan fingerprint density at radius 2 is 1.54 bits per heavy atom. The van der Waals surface area contributed by atoms with Crippen molar-refractivity contribution in [1.82, 2.24) is 4.98 Å². The summed E-state index contributed by atoms with van der Waals surface area (Å²) in [5.74, 6) is -0.895. The van der Waals surface area contributed by atoms with Gasteiger partial charge in [0, 0.05) is 16.6 Å². The number of carbonyl (C=O) groups is 3. The van der Waals surface area contributed by atoms with E-state index in [1.54, 1.807) is 61.5 Å². The normalized spacial score (nSPS) is 13.9. The van der Waals surface area contributed by atoms with Gasteiger partial charge in [0.1, 0.15) is 18.1 Å². The van der Waals surface area contributed by atoms with Crippen LogP contribution in [0.5, 0.6) is 5.75 Å². The summed E-state index contributed by atoms with van der Waals surface area (Å²) in [4.78, 5) is 49.9. The summed E-state index contributed by atoms with van der Waals surface area (Å²) < 4.78 is 5.90. The number of pyridine rings is 1. The number of amidine groups is 1. The van der Waals surface area contributed by atoms with Crippen LogP contribution in [-0.4, -0.2) is 38.3 Å². The highest BCUT2D eigenvalue weighted by molar-refractivity contribution is 8.15. The Hall–Kier alpha value is -6.52. The summed E-state index contributed by atoms with van der Waals surface area (Å²) in [6, 6.07) is 42.3. The molecule has 2 heterocycles. The number of nitrogens with one attached hydrogen (secondary N) is 1. The molecule has 1 atom stereocenters. The minimum atomic E-state index is -1.03. The van der Waals surface area contributed by atoms with Gasteiger partial charge in [0.25, 0.3) is 5.91 Å². The lowest BCUT2D eigenvalue weighted by Gasteiger charge is -2.20. The average molecular weight is 705 g/mol. The SMILES string of the molecule is CC(SC1=N/C(=C\c2ccc(OCc3ccccc3)cc2)C(=O)N1c1ccccc1)C(=O)Nc1ccc(-c2cc(C(=O)O)c3ccccc3n2)cc1. The molecule has 0 spiro atoms. The summed E-state index contributed by atoms with van der Waals surface area (Å²) >= 11 is 1.18. The van der Waals surface area contributed by atoms with Crippen molar-refractivity contribution >= 4 is 63.1 Å². The van der Waals surface area contributed by atoms with E-state index in [-0.39, 0.29) is 23.1 Å². The van der Waals surface area contributed by atoms with Gasteiger partial charge < -0.3 is 15.2 Å². The summed E-state index contributed by atoms with van der Waals surface area (Å²) in [6.07, 6.45) is 1.73. The summed E-state index contributed by atoms with van der Waals surface area (Å²) in [5, 5.41) is 13.0. The van der Waals surface area contributed by atoms with Gasteiger partial charge in [-0.3, -0.25) is 14.5 Å². The zero-order valence-electron chi connectivity index (χ0n) is 28.0. The van der Waals surface area contributed by atoms with Crippen molar-refractivity contribution in [3.05, 3.63) is 162 Å². The first-order chi connectivity index (χ1) is 25.3. The van der Waals surface area contributed by atoms with E-state index < -0.39 is 11.2 Å². The lowest BCUT2D eigenvalue weighted by molar-refractivity contribution is -0.115. The van der Waals surface area contributed by atoms with E-state index in [1.165, 1.54) is 16.7 Å². The highest BCUT2D eigenvalue weighted by atomic mass is 32.2. The molecule has 256 valence electrons. The number of carboxylic acid groups (broad SMARTS) is 1. The first-order valence-corrected chi connectivity index (χ1v) is 17.4. The number of nitrogens with zero attached hydrogens (tertiary/aromatic N) is 3. The fourth-order valence-electron chi connectivity index (χ4n) is 5.62. The Labute approximate surface area is 304 Å². The number of hydrogen-bond acceptors (Lipinski definition) is 7. The lowest BCUT2D eigenvalue weighted by atomic mass is 10.0. The Balaban J connectivity index is 1.05. The van der Waals surface area contributed by atoms with Crippen LogP contribution >= 0.6 is 11.8 Å². The Morgan fingerprint density at radius 1 is 0.865 bits per heavy atom. The Kier molecular flexibility index (Phi) is 9.90. The molecule has 0 saturated heterocycles. The summed E-state index contributed by atoms with van der Waals surface area (Å²) in [5.41, 5.74) is 5.27. The third kappa shape index (κ3) is 7.62. The predicted octanol–water partition coefficient (Wildman–Crippen LogP) is 8.68. The number of benzene rings is 5. The molecule has 1 aliphatic heterocycles. The molecule has 52 heavy (non-hydrogen) atoms. The molecule has 6 aromatic rings. The number of ether oxygens (including phenoxy) is 1. The highest BCUT2D eigenvalue weighted by Crippen LogP contribution is 2.32. The van der Waals surface area contributed by atoms with Crippen molar-refractivity contribution in [2.24, 2.45) is 4.99 Å². The van der Waals surface area contributed by atoms with Gasteiger partial charge in [-0.05, 0) is 72.7 Å². The molecular formula is C42H32N4O5S. The maximum absolute atomic E-state index is 13.7. The Bertz CT molecular complexity index is 2330. The maximum atomic E-state index is 13.7. The zero-order chi connectivity index (χ0) is 36.0. The number of carbonyl (C=O) groups excluding carboxylic acids is 2. The number of thioether (sulfide) groups is 1. The Morgan fingerprint density at radius 3 is 2.25 bits per heavy atom. The monoisotopic (exact) mass is 704 g/mol. The van der Waals surface area contributed by atoms with E-state index in [0.29, 0.717) is 51.1 Å². The molecule has 0 aliphatic carbocycles. The number of anilines is 2. The fourth-order valence-corrected chi connectivity index (χ4v) is 6.55. The summed E-state index contributed by atoms with van der Waals surface area (Å²) in [7, 11) is 0. The van der Waals surface area contributed by atoms with E-state index in [2.05, 4.69) is 10.3 Å². The van der Waals surface area contributed by atoms with Crippen LogP contribution in [-0.2, 0) is 16.2 Å². The van der Waals surface area contributed by atoms with Crippen LogP contribution in [0.3, 0.4) is 0 Å². The van der Waals surface area contributed by atoms with Crippen molar-refractivity contribution < 1.29 is 24.2 Å². The maximum Gasteiger partial charge on any atom is 0.336 e. The van der Waals surface area contributed by atoms with Crippen LogP contribution in [0, 0.1) is 0 Å². The molecule has 1 aliphatic rings. The number of aromatic nitrogens is 1. The van der Waals surface area contributed by atoms with Crippen LogP contribution in [0.4, 0.5) is 11.4 Å². The smallest absolute Gasteiger partial charge is 0.336 e. The van der Waals surface area contributed by atoms with Gasteiger partial charge in [0.15, 0.2) is 5.17 Å². The van der Waals surface area contributed by atoms with Gasteiger partial charge in [-0.2, -0.15) is 0 Å². The number of rotatable bonds is 10.